The zero-order valence-electron chi connectivity index (χ0n) is 15.9. The standard InChI is InChI=1S/C20H22N2O5S/c1-4-16(14-7-5-13(2)6-8-14)21-19(23)12-27-20(24)15-9-10-18(28-3)17(11-15)22(25)26/h5-11,16H,4,12H2,1-3H3,(H,21,23)/t16-/m0/s1. The molecule has 0 unspecified atom stereocenters. The van der Waals surface area contributed by atoms with Gasteiger partial charge in [0.25, 0.3) is 11.6 Å². The molecule has 8 heteroatoms. The van der Waals surface area contributed by atoms with Crippen molar-refractivity contribution in [2.75, 3.05) is 12.9 Å². The molecule has 7 nitrogen and oxygen atoms in total. The first-order chi connectivity index (χ1) is 13.3. The molecule has 0 aliphatic heterocycles. The van der Waals surface area contributed by atoms with E-state index < -0.39 is 23.4 Å². The third-order valence-corrected chi connectivity index (χ3v) is 4.95. The van der Waals surface area contributed by atoms with Gasteiger partial charge in [0.1, 0.15) is 0 Å². The van der Waals surface area contributed by atoms with E-state index in [1.54, 1.807) is 6.26 Å². The summed E-state index contributed by atoms with van der Waals surface area (Å²) < 4.78 is 5.02. The molecule has 28 heavy (non-hydrogen) atoms. The zero-order chi connectivity index (χ0) is 20.7. The summed E-state index contributed by atoms with van der Waals surface area (Å²) in [7, 11) is 0. The van der Waals surface area contributed by atoms with Crippen molar-refractivity contribution in [3.63, 3.8) is 0 Å². The van der Waals surface area contributed by atoms with Gasteiger partial charge in [0.05, 0.1) is 21.4 Å². The van der Waals surface area contributed by atoms with Gasteiger partial charge >= 0.3 is 5.97 Å². The van der Waals surface area contributed by atoms with Crippen molar-refractivity contribution in [1.29, 1.82) is 0 Å². The summed E-state index contributed by atoms with van der Waals surface area (Å²) >= 11 is 1.21. The molecule has 0 fully saturated rings. The lowest BCUT2D eigenvalue weighted by Gasteiger charge is -2.17. The van der Waals surface area contributed by atoms with Crippen molar-refractivity contribution in [3.8, 4) is 0 Å². The quantitative estimate of drug-likeness (QED) is 0.310. The lowest BCUT2D eigenvalue weighted by Crippen LogP contribution is -2.32. The van der Waals surface area contributed by atoms with Crippen molar-refractivity contribution in [1.82, 2.24) is 5.32 Å². The van der Waals surface area contributed by atoms with Crippen LogP contribution in [-0.4, -0.2) is 29.7 Å². The summed E-state index contributed by atoms with van der Waals surface area (Å²) in [6.07, 6.45) is 2.40. The van der Waals surface area contributed by atoms with Crippen molar-refractivity contribution in [2.24, 2.45) is 0 Å². The molecule has 2 rings (SSSR count). The zero-order valence-corrected chi connectivity index (χ0v) is 16.7. The number of benzene rings is 2. The molecule has 0 saturated carbocycles. The van der Waals surface area contributed by atoms with Crippen LogP contribution < -0.4 is 5.32 Å². The van der Waals surface area contributed by atoms with Gasteiger partial charge in [-0.2, -0.15) is 0 Å². The van der Waals surface area contributed by atoms with Crippen LogP contribution in [0.5, 0.6) is 0 Å². The number of hydrogen-bond donors (Lipinski definition) is 1. The van der Waals surface area contributed by atoms with Crippen LogP contribution in [0.3, 0.4) is 0 Å². The Balaban J connectivity index is 1.98. The smallest absolute Gasteiger partial charge is 0.338 e. The Bertz CT molecular complexity index is 867. The number of ether oxygens (including phenoxy) is 1. The number of rotatable bonds is 8. The molecule has 0 aliphatic carbocycles. The maximum absolute atomic E-state index is 12.2. The summed E-state index contributed by atoms with van der Waals surface area (Å²) in [6, 6.07) is 11.7. The maximum Gasteiger partial charge on any atom is 0.338 e. The SMILES string of the molecule is CC[C@H](NC(=O)COC(=O)c1ccc(SC)c([N+](=O)[O-])c1)c1ccc(C)cc1. The number of thioether (sulfide) groups is 1. The molecule has 2 aromatic rings. The van der Waals surface area contributed by atoms with Gasteiger partial charge in [-0.05, 0) is 37.3 Å². The largest absolute Gasteiger partial charge is 0.452 e. The fraction of sp³-hybridized carbons (Fsp3) is 0.300. The molecule has 2 aromatic carbocycles. The van der Waals surface area contributed by atoms with Gasteiger partial charge in [-0.3, -0.25) is 14.9 Å². The molecule has 0 aliphatic rings. The molecule has 0 aromatic heterocycles. The molecular weight excluding hydrogens is 380 g/mol. The number of aryl methyl sites for hydroxylation is 1. The summed E-state index contributed by atoms with van der Waals surface area (Å²) in [4.78, 5) is 35.3. The Morgan fingerprint density at radius 2 is 1.89 bits per heavy atom. The molecule has 0 radical (unpaired) electrons. The van der Waals surface area contributed by atoms with Gasteiger partial charge in [0.15, 0.2) is 6.61 Å². The molecule has 148 valence electrons. The van der Waals surface area contributed by atoms with Gasteiger partial charge in [-0.15, -0.1) is 11.8 Å². The first-order valence-electron chi connectivity index (χ1n) is 8.71. The lowest BCUT2D eigenvalue weighted by molar-refractivity contribution is -0.387. The number of hydrogen-bond acceptors (Lipinski definition) is 6. The van der Waals surface area contributed by atoms with Crippen LogP contribution in [0, 0.1) is 17.0 Å². The fourth-order valence-electron chi connectivity index (χ4n) is 2.63. The minimum atomic E-state index is -0.783. The second kappa shape index (κ2) is 9.89. The van der Waals surface area contributed by atoms with E-state index in [4.69, 9.17) is 4.74 Å². The van der Waals surface area contributed by atoms with Crippen LogP contribution in [0.25, 0.3) is 0 Å². The van der Waals surface area contributed by atoms with Gasteiger partial charge in [-0.1, -0.05) is 36.8 Å². The predicted octanol–water partition coefficient (Wildman–Crippen LogP) is 4.05. The first kappa shape index (κ1) is 21.4. The number of nitro benzene ring substituents is 1. The minimum Gasteiger partial charge on any atom is -0.452 e. The Kier molecular flexibility index (Phi) is 7.57. The Morgan fingerprint density at radius 1 is 1.21 bits per heavy atom. The number of nitrogens with zero attached hydrogens (tertiary/aromatic N) is 1. The van der Waals surface area contributed by atoms with E-state index in [1.807, 2.05) is 38.1 Å². The van der Waals surface area contributed by atoms with Crippen molar-refractivity contribution >= 4 is 29.3 Å². The van der Waals surface area contributed by atoms with E-state index in [-0.39, 0.29) is 17.3 Å². The van der Waals surface area contributed by atoms with E-state index >= 15 is 0 Å². The molecule has 1 N–H and O–H groups in total. The molecule has 0 spiro atoms. The van der Waals surface area contributed by atoms with E-state index in [2.05, 4.69) is 5.32 Å². The second-order valence-corrected chi connectivity index (χ2v) is 7.01. The number of esters is 1. The van der Waals surface area contributed by atoms with E-state index in [0.29, 0.717) is 11.3 Å². The van der Waals surface area contributed by atoms with Crippen LogP contribution in [0.1, 0.15) is 40.9 Å². The van der Waals surface area contributed by atoms with Crippen molar-refractivity contribution < 1.29 is 19.2 Å². The highest BCUT2D eigenvalue weighted by atomic mass is 32.2. The summed E-state index contributed by atoms with van der Waals surface area (Å²) in [5, 5.41) is 13.9. The number of nitro groups is 1. The first-order valence-corrected chi connectivity index (χ1v) is 9.93. The fourth-order valence-corrected chi connectivity index (χ4v) is 3.18. The molecule has 0 saturated heterocycles. The number of carbonyl (C=O) groups excluding carboxylic acids is 2. The van der Waals surface area contributed by atoms with Gasteiger partial charge < -0.3 is 10.1 Å². The van der Waals surface area contributed by atoms with Crippen molar-refractivity contribution in [3.05, 3.63) is 69.3 Å². The summed E-state index contributed by atoms with van der Waals surface area (Å²) in [5.41, 5.74) is 1.95. The third-order valence-electron chi connectivity index (χ3n) is 4.17. The molecule has 0 heterocycles. The molecular formula is C20H22N2O5S. The van der Waals surface area contributed by atoms with E-state index in [0.717, 1.165) is 17.2 Å². The van der Waals surface area contributed by atoms with Gasteiger partial charge in [-0.25, -0.2) is 4.79 Å². The Hall–Kier alpha value is -2.87. The third kappa shape index (κ3) is 5.56. The Morgan fingerprint density at radius 3 is 2.46 bits per heavy atom. The summed E-state index contributed by atoms with van der Waals surface area (Å²) in [5.74, 6) is -1.22. The molecule has 1 amide bonds. The average molecular weight is 402 g/mol. The van der Waals surface area contributed by atoms with Gasteiger partial charge in [0, 0.05) is 6.07 Å². The van der Waals surface area contributed by atoms with Crippen LogP contribution in [0.15, 0.2) is 47.4 Å². The Labute approximate surface area is 167 Å². The molecule has 0 bridgehead atoms. The topological polar surface area (TPSA) is 98.5 Å². The maximum atomic E-state index is 12.2. The van der Waals surface area contributed by atoms with Crippen LogP contribution in [-0.2, 0) is 9.53 Å². The van der Waals surface area contributed by atoms with Crippen molar-refractivity contribution in [2.45, 2.75) is 31.2 Å². The van der Waals surface area contributed by atoms with Gasteiger partial charge in [0.2, 0.25) is 0 Å². The highest BCUT2D eigenvalue weighted by Gasteiger charge is 2.19. The number of nitrogens with one attached hydrogen (secondary N) is 1. The predicted molar refractivity (Wildman–Crippen MR) is 108 cm³/mol. The average Bonchev–Trinajstić information content (AvgIpc) is 2.70. The monoisotopic (exact) mass is 402 g/mol. The number of amides is 1. The van der Waals surface area contributed by atoms with E-state index in [1.165, 1.54) is 23.9 Å². The van der Waals surface area contributed by atoms with Crippen LogP contribution in [0.4, 0.5) is 5.69 Å². The minimum absolute atomic E-state index is 0.0304. The highest BCUT2D eigenvalue weighted by Crippen LogP contribution is 2.28. The highest BCUT2D eigenvalue weighted by molar-refractivity contribution is 7.98. The van der Waals surface area contributed by atoms with Crippen LogP contribution >= 0.6 is 11.8 Å². The molecule has 1 atom stereocenters. The summed E-state index contributed by atoms with van der Waals surface area (Å²) in [6.45, 7) is 3.47. The lowest BCUT2D eigenvalue weighted by atomic mass is 10.0. The van der Waals surface area contributed by atoms with Crippen LogP contribution in [0.2, 0.25) is 0 Å². The second-order valence-electron chi connectivity index (χ2n) is 6.16. The normalized spacial score (nSPS) is 11.5. The number of carbonyl (C=O) groups is 2. The van der Waals surface area contributed by atoms with E-state index in [9.17, 15) is 19.7 Å².